The summed E-state index contributed by atoms with van der Waals surface area (Å²) in [6.45, 7) is 9.54. The summed E-state index contributed by atoms with van der Waals surface area (Å²) in [6, 6.07) is 59.8. The maximum absolute atomic E-state index is 2.47. The molecule has 2 aliphatic carbocycles. The molecule has 0 amide bonds. The maximum Gasteiger partial charge on any atom is 0.0159 e. The molecule has 0 heteroatoms. The largest absolute Gasteiger partial charge is 0.0619 e. The molecule has 0 N–H and O–H groups in total. The van der Waals surface area contributed by atoms with Crippen LogP contribution in [0, 0.1) is 0 Å². The highest BCUT2D eigenvalue weighted by atomic mass is 14.4. The second kappa shape index (κ2) is 10.3. The van der Waals surface area contributed by atoms with E-state index in [4.69, 9.17) is 0 Å². The van der Waals surface area contributed by atoms with E-state index in [1.54, 1.807) is 0 Å². The third kappa shape index (κ3) is 3.93. The number of benzene rings is 9. The predicted molar refractivity (Wildman–Crippen MR) is 222 cm³/mol. The molecular formula is C52H38. The van der Waals surface area contributed by atoms with Gasteiger partial charge in [0.2, 0.25) is 0 Å². The molecule has 0 heterocycles. The molecule has 0 fully saturated rings. The number of rotatable bonds is 3. The topological polar surface area (TPSA) is 0 Å². The Kier molecular flexibility index (Phi) is 5.89. The molecule has 246 valence electrons. The van der Waals surface area contributed by atoms with E-state index >= 15 is 0 Å². The van der Waals surface area contributed by atoms with Gasteiger partial charge >= 0.3 is 0 Å². The molecule has 0 spiro atoms. The van der Waals surface area contributed by atoms with Gasteiger partial charge in [0.05, 0.1) is 0 Å². The van der Waals surface area contributed by atoms with Gasteiger partial charge in [-0.3, -0.25) is 0 Å². The highest BCUT2D eigenvalue weighted by molar-refractivity contribution is 6.25. The molecule has 2 aliphatic rings. The zero-order chi connectivity index (χ0) is 34.9. The smallest absolute Gasteiger partial charge is 0.0159 e. The minimum Gasteiger partial charge on any atom is -0.0619 e. The van der Waals surface area contributed by atoms with Crippen LogP contribution < -0.4 is 0 Å². The van der Waals surface area contributed by atoms with Gasteiger partial charge in [0.25, 0.3) is 0 Å². The monoisotopic (exact) mass is 662 g/mol. The van der Waals surface area contributed by atoms with Crippen LogP contribution in [0.4, 0.5) is 0 Å². The van der Waals surface area contributed by atoms with Crippen LogP contribution in [-0.2, 0) is 10.8 Å². The van der Waals surface area contributed by atoms with E-state index in [0.717, 1.165) is 0 Å². The summed E-state index contributed by atoms with van der Waals surface area (Å²) < 4.78 is 0. The van der Waals surface area contributed by atoms with Crippen molar-refractivity contribution in [2.24, 2.45) is 0 Å². The Bertz CT molecular complexity index is 2930. The average Bonchev–Trinajstić information content (AvgIpc) is 3.55. The van der Waals surface area contributed by atoms with E-state index in [1.165, 1.54) is 110 Å². The third-order valence-corrected chi connectivity index (χ3v) is 12.6. The molecule has 0 bridgehead atoms. The van der Waals surface area contributed by atoms with Crippen LogP contribution in [0.25, 0.3) is 88.0 Å². The quantitative estimate of drug-likeness (QED) is 0.165. The molecule has 9 aromatic carbocycles. The second-order valence-electron chi connectivity index (χ2n) is 16.1. The maximum atomic E-state index is 2.47. The number of hydrogen-bond acceptors (Lipinski definition) is 0. The summed E-state index contributed by atoms with van der Waals surface area (Å²) in [6.07, 6.45) is 0. The molecule has 11 rings (SSSR count). The third-order valence-electron chi connectivity index (χ3n) is 12.6. The lowest BCUT2D eigenvalue weighted by Gasteiger charge is -2.24. The van der Waals surface area contributed by atoms with Crippen molar-refractivity contribution in [1.82, 2.24) is 0 Å². The van der Waals surface area contributed by atoms with E-state index in [-0.39, 0.29) is 10.8 Å². The van der Waals surface area contributed by atoms with Crippen LogP contribution in [0.3, 0.4) is 0 Å². The standard InChI is InChI=1S/C52H38/c1-51(2)45-15-8-7-14-40(45)41-24-20-34(28-46(41)51)35-21-25-42-43-26-22-36(30-48(43)52(3,4)47(42)29-35)37-12-5-6-13-38(37)39-23-18-33-17-16-31-10-9-11-32-19-27-44(39)50(33)49(31)32/h5-30H,1-4H3. The number of hydrogen-bond donors (Lipinski definition) is 0. The summed E-state index contributed by atoms with van der Waals surface area (Å²) in [7, 11) is 0. The molecule has 0 radical (unpaired) electrons. The Labute approximate surface area is 305 Å². The molecule has 9 aromatic rings. The van der Waals surface area contributed by atoms with Crippen molar-refractivity contribution in [2.75, 3.05) is 0 Å². The van der Waals surface area contributed by atoms with E-state index in [1.807, 2.05) is 0 Å². The van der Waals surface area contributed by atoms with Crippen molar-refractivity contribution >= 4 is 32.3 Å². The van der Waals surface area contributed by atoms with Crippen molar-refractivity contribution in [3.63, 3.8) is 0 Å². The zero-order valence-corrected chi connectivity index (χ0v) is 30.0. The molecule has 0 saturated heterocycles. The Balaban J connectivity index is 1.01. The molecule has 0 atom stereocenters. The van der Waals surface area contributed by atoms with Gasteiger partial charge in [-0.2, -0.15) is 0 Å². The first-order valence-corrected chi connectivity index (χ1v) is 18.6. The lowest BCUT2D eigenvalue weighted by Crippen LogP contribution is -2.15. The Hall–Kier alpha value is -5.98. The fourth-order valence-corrected chi connectivity index (χ4v) is 9.91. The van der Waals surface area contributed by atoms with Crippen LogP contribution in [0.15, 0.2) is 158 Å². The summed E-state index contributed by atoms with van der Waals surface area (Å²) >= 11 is 0. The normalized spacial score (nSPS) is 14.8. The molecule has 0 nitrogen and oxygen atoms in total. The van der Waals surface area contributed by atoms with Crippen molar-refractivity contribution in [3.05, 3.63) is 180 Å². The van der Waals surface area contributed by atoms with Gasteiger partial charge in [-0.25, -0.2) is 0 Å². The van der Waals surface area contributed by atoms with Crippen LogP contribution in [0.5, 0.6) is 0 Å². The SMILES string of the molecule is CC1(C)c2ccccc2-c2ccc(-c3ccc4c(c3)C(C)(C)c3cc(-c5ccccc5-c5ccc6ccc7cccc8ccc5c6c78)ccc3-4)cc21. The van der Waals surface area contributed by atoms with Crippen LogP contribution in [0.1, 0.15) is 49.9 Å². The summed E-state index contributed by atoms with van der Waals surface area (Å²) in [5.74, 6) is 0. The lowest BCUT2D eigenvalue weighted by atomic mass is 9.79. The van der Waals surface area contributed by atoms with E-state index < -0.39 is 0 Å². The molecule has 0 aromatic heterocycles. The van der Waals surface area contributed by atoms with Crippen LogP contribution in [-0.4, -0.2) is 0 Å². The zero-order valence-electron chi connectivity index (χ0n) is 30.0. The second-order valence-corrected chi connectivity index (χ2v) is 16.1. The lowest BCUT2D eigenvalue weighted by molar-refractivity contribution is 0.659. The fraction of sp³-hybridized carbons (Fsp3) is 0.115. The van der Waals surface area contributed by atoms with Gasteiger partial charge in [-0.15, -0.1) is 0 Å². The van der Waals surface area contributed by atoms with Crippen molar-refractivity contribution in [3.8, 4) is 55.6 Å². The minimum absolute atomic E-state index is 0.0154. The predicted octanol–water partition coefficient (Wildman–Crippen LogP) is 14.2. The Morgan fingerprint density at radius 3 is 1.38 bits per heavy atom. The Morgan fingerprint density at radius 1 is 0.288 bits per heavy atom. The fourth-order valence-electron chi connectivity index (χ4n) is 9.91. The number of fused-ring (bicyclic) bond motifs is 6. The van der Waals surface area contributed by atoms with Gasteiger partial charge in [0.1, 0.15) is 0 Å². The van der Waals surface area contributed by atoms with Gasteiger partial charge in [-0.1, -0.05) is 167 Å². The van der Waals surface area contributed by atoms with Crippen LogP contribution in [0.2, 0.25) is 0 Å². The first-order valence-electron chi connectivity index (χ1n) is 18.6. The van der Waals surface area contributed by atoms with Gasteiger partial charge in [0, 0.05) is 10.8 Å². The highest BCUT2D eigenvalue weighted by Crippen LogP contribution is 2.53. The van der Waals surface area contributed by atoms with Crippen LogP contribution >= 0.6 is 0 Å². The van der Waals surface area contributed by atoms with E-state index in [9.17, 15) is 0 Å². The van der Waals surface area contributed by atoms with Crippen molar-refractivity contribution in [2.45, 2.75) is 38.5 Å². The molecule has 0 aliphatic heterocycles. The molecule has 52 heavy (non-hydrogen) atoms. The molecule has 0 unspecified atom stereocenters. The van der Waals surface area contributed by atoms with Gasteiger partial charge in [-0.05, 0) is 128 Å². The first-order chi connectivity index (χ1) is 25.3. The van der Waals surface area contributed by atoms with Gasteiger partial charge in [0.15, 0.2) is 0 Å². The average molecular weight is 663 g/mol. The highest BCUT2D eigenvalue weighted by Gasteiger charge is 2.37. The van der Waals surface area contributed by atoms with E-state index in [2.05, 4.69) is 185 Å². The summed E-state index contributed by atoms with van der Waals surface area (Å²) in [5, 5.41) is 7.94. The van der Waals surface area contributed by atoms with Crippen molar-refractivity contribution in [1.29, 1.82) is 0 Å². The van der Waals surface area contributed by atoms with Crippen molar-refractivity contribution < 1.29 is 0 Å². The summed E-state index contributed by atoms with van der Waals surface area (Å²) in [4.78, 5) is 0. The van der Waals surface area contributed by atoms with Gasteiger partial charge < -0.3 is 0 Å². The summed E-state index contributed by atoms with van der Waals surface area (Å²) in [5.41, 5.74) is 18.6. The van der Waals surface area contributed by atoms with E-state index in [0.29, 0.717) is 0 Å². The Morgan fingerprint density at radius 2 is 0.731 bits per heavy atom. The molecular weight excluding hydrogens is 625 g/mol. The minimum atomic E-state index is -0.134. The first kappa shape index (κ1) is 29.7. The molecule has 0 saturated carbocycles.